The number of ether oxygens (including phenoxy) is 2. The standard InChI is InChI=1S/C13H18O3S/c1-4-16-13(14)10(2)9-17-12-8-6-5-7-11(12)15-3/h5-8,10H,4,9H2,1-3H3. The molecule has 0 bridgehead atoms. The summed E-state index contributed by atoms with van der Waals surface area (Å²) < 4.78 is 10.2. The van der Waals surface area contributed by atoms with Crippen LogP contribution in [-0.2, 0) is 9.53 Å². The van der Waals surface area contributed by atoms with Crippen LogP contribution >= 0.6 is 11.8 Å². The normalized spacial score (nSPS) is 11.9. The topological polar surface area (TPSA) is 35.5 Å². The lowest BCUT2D eigenvalue weighted by atomic mass is 10.2. The number of hydrogen-bond acceptors (Lipinski definition) is 4. The van der Waals surface area contributed by atoms with Crippen LogP contribution in [0.2, 0.25) is 0 Å². The van der Waals surface area contributed by atoms with Crippen LogP contribution in [0.5, 0.6) is 5.75 Å². The molecule has 1 aromatic carbocycles. The number of methoxy groups -OCH3 is 1. The zero-order chi connectivity index (χ0) is 12.7. The fourth-order valence-corrected chi connectivity index (χ4v) is 2.34. The van der Waals surface area contributed by atoms with Crippen molar-refractivity contribution in [2.24, 2.45) is 5.92 Å². The molecule has 0 heterocycles. The van der Waals surface area contributed by atoms with E-state index in [-0.39, 0.29) is 11.9 Å². The molecule has 0 N–H and O–H groups in total. The Morgan fingerprint density at radius 3 is 2.76 bits per heavy atom. The molecule has 4 heteroatoms. The smallest absolute Gasteiger partial charge is 0.309 e. The minimum absolute atomic E-state index is 0.107. The van der Waals surface area contributed by atoms with Crippen molar-refractivity contribution in [3.8, 4) is 5.75 Å². The van der Waals surface area contributed by atoms with Gasteiger partial charge in [-0.25, -0.2) is 0 Å². The van der Waals surface area contributed by atoms with Crippen LogP contribution in [0.25, 0.3) is 0 Å². The predicted octanol–water partition coefficient (Wildman–Crippen LogP) is 2.99. The first kappa shape index (κ1) is 13.9. The van der Waals surface area contributed by atoms with Crippen molar-refractivity contribution in [3.05, 3.63) is 24.3 Å². The summed E-state index contributed by atoms with van der Waals surface area (Å²) in [4.78, 5) is 12.5. The van der Waals surface area contributed by atoms with Gasteiger partial charge in [0.05, 0.1) is 19.6 Å². The van der Waals surface area contributed by atoms with E-state index in [4.69, 9.17) is 9.47 Å². The van der Waals surface area contributed by atoms with Crippen molar-refractivity contribution >= 4 is 17.7 Å². The van der Waals surface area contributed by atoms with E-state index in [1.807, 2.05) is 38.1 Å². The number of benzene rings is 1. The largest absolute Gasteiger partial charge is 0.496 e. The molecule has 3 nitrogen and oxygen atoms in total. The second kappa shape index (κ2) is 7.22. The van der Waals surface area contributed by atoms with Crippen LogP contribution < -0.4 is 4.74 Å². The van der Waals surface area contributed by atoms with Gasteiger partial charge < -0.3 is 9.47 Å². The summed E-state index contributed by atoms with van der Waals surface area (Å²) in [5.41, 5.74) is 0. The van der Waals surface area contributed by atoms with E-state index >= 15 is 0 Å². The average Bonchev–Trinajstić information content (AvgIpc) is 2.36. The van der Waals surface area contributed by atoms with Crippen LogP contribution in [0.1, 0.15) is 13.8 Å². The maximum absolute atomic E-state index is 11.5. The molecule has 0 saturated heterocycles. The van der Waals surface area contributed by atoms with Gasteiger partial charge in [-0.15, -0.1) is 11.8 Å². The van der Waals surface area contributed by atoms with Gasteiger partial charge in [-0.3, -0.25) is 4.79 Å². The van der Waals surface area contributed by atoms with Crippen LogP contribution in [0.15, 0.2) is 29.2 Å². The van der Waals surface area contributed by atoms with E-state index in [0.717, 1.165) is 10.6 Å². The van der Waals surface area contributed by atoms with Gasteiger partial charge in [0, 0.05) is 10.6 Å². The molecule has 1 unspecified atom stereocenters. The molecule has 0 spiro atoms. The summed E-state index contributed by atoms with van der Waals surface area (Å²) in [6, 6.07) is 7.79. The van der Waals surface area contributed by atoms with Crippen molar-refractivity contribution in [2.75, 3.05) is 19.5 Å². The molecule has 0 amide bonds. The highest BCUT2D eigenvalue weighted by atomic mass is 32.2. The lowest BCUT2D eigenvalue weighted by Crippen LogP contribution is -2.16. The van der Waals surface area contributed by atoms with Crippen molar-refractivity contribution < 1.29 is 14.3 Å². The highest BCUT2D eigenvalue weighted by molar-refractivity contribution is 7.99. The fraction of sp³-hybridized carbons (Fsp3) is 0.462. The number of carbonyl (C=O) groups is 1. The maximum Gasteiger partial charge on any atom is 0.309 e. The van der Waals surface area contributed by atoms with Gasteiger partial charge >= 0.3 is 5.97 Å². The molecule has 0 aromatic heterocycles. The summed E-state index contributed by atoms with van der Waals surface area (Å²) in [5.74, 6) is 1.28. The molecule has 0 aliphatic heterocycles. The minimum Gasteiger partial charge on any atom is -0.496 e. The zero-order valence-corrected chi connectivity index (χ0v) is 11.3. The van der Waals surface area contributed by atoms with E-state index in [2.05, 4.69) is 0 Å². The van der Waals surface area contributed by atoms with E-state index in [0.29, 0.717) is 12.4 Å². The van der Waals surface area contributed by atoms with Crippen molar-refractivity contribution in [1.29, 1.82) is 0 Å². The SMILES string of the molecule is CCOC(=O)C(C)CSc1ccccc1OC. The third kappa shape index (κ3) is 4.30. The summed E-state index contributed by atoms with van der Waals surface area (Å²) >= 11 is 1.61. The summed E-state index contributed by atoms with van der Waals surface area (Å²) in [6.07, 6.45) is 0. The number of para-hydroxylation sites is 1. The molecule has 0 aliphatic carbocycles. The minimum atomic E-state index is -0.144. The Bertz CT molecular complexity index is 365. The van der Waals surface area contributed by atoms with E-state index in [1.165, 1.54) is 0 Å². The monoisotopic (exact) mass is 254 g/mol. The van der Waals surface area contributed by atoms with Gasteiger partial charge in [0.25, 0.3) is 0 Å². The van der Waals surface area contributed by atoms with Crippen LogP contribution in [0.4, 0.5) is 0 Å². The number of thioether (sulfide) groups is 1. The van der Waals surface area contributed by atoms with Gasteiger partial charge in [-0.2, -0.15) is 0 Å². The van der Waals surface area contributed by atoms with Crippen molar-refractivity contribution in [1.82, 2.24) is 0 Å². The molecule has 1 aromatic rings. The Morgan fingerprint density at radius 2 is 2.12 bits per heavy atom. The van der Waals surface area contributed by atoms with Crippen LogP contribution in [0.3, 0.4) is 0 Å². The Balaban J connectivity index is 2.52. The zero-order valence-electron chi connectivity index (χ0n) is 10.4. The maximum atomic E-state index is 11.5. The fourth-order valence-electron chi connectivity index (χ4n) is 1.31. The lowest BCUT2D eigenvalue weighted by molar-refractivity contribution is -0.146. The van der Waals surface area contributed by atoms with E-state index in [9.17, 15) is 4.79 Å². The average molecular weight is 254 g/mol. The highest BCUT2D eigenvalue weighted by Gasteiger charge is 2.15. The molecule has 17 heavy (non-hydrogen) atoms. The van der Waals surface area contributed by atoms with Crippen LogP contribution in [-0.4, -0.2) is 25.4 Å². The molecule has 0 aliphatic rings. The molecule has 94 valence electrons. The number of rotatable bonds is 6. The van der Waals surface area contributed by atoms with Crippen LogP contribution in [0, 0.1) is 5.92 Å². The third-order valence-corrected chi connectivity index (χ3v) is 3.56. The van der Waals surface area contributed by atoms with Crippen molar-refractivity contribution in [2.45, 2.75) is 18.7 Å². The van der Waals surface area contributed by atoms with Gasteiger partial charge in [0.2, 0.25) is 0 Å². The lowest BCUT2D eigenvalue weighted by Gasteiger charge is -2.11. The quantitative estimate of drug-likeness (QED) is 0.577. The summed E-state index contributed by atoms with van der Waals surface area (Å²) in [6.45, 7) is 4.13. The Hall–Kier alpha value is -1.16. The second-order valence-corrected chi connectivity index (χ2v) is 4.68. The molecule has 0 saturated carbocycles. The molecule has 0 fully saturated rings. The van der Waals surface area contributed by atoms with Gasteiger partial charge in [0.1, 0.15) is 5.75 Å². The highest BCUT2D eigenvalue weighted by Crippen LogP contribution is 2.30. The Kier molecular flexibility index (Phi) is 5.91. The molecule has 1 atom stereocenters. The summed E-state index contributed by atoms with van der Waals surface area (Å²) in [5, 5.41) is 0. The number of carbonyl (C=O) groups excluding carboxylic acids is 1. The molecule has 1 rings (SSSR count). The molecule has 0 radical (unpaired) electrons. The van der Waals surface area contributed by atoms with Gasteiger partial charge in [-0.1, -0.05) is 19.1 Å². The molecular formula is C13H18O3S. The number of hydrogen-bond donors (Lipinski definition) is 0. The summed E-state index contributed by atoms with van der Waals surface area (Å²) in [7, 11) is 1.65. The first-order valence-electron chi connectivity index (χ1n) is 5.61. The Labute approximate surface area is 106 Å². The predicted molar refractivity (Wildman–Crippen MR) is 69.5 cm³/mol. The van der Waals surface area contributed by atoms with Gasteiger partial charge in [-0.05, 0) is 19.1 Å². The second-order valence-electron chi connectivity index (χ2n) is 3.61. The van der Waals surface area contributed by atoms with E-state index in [1.54, 1.807) is 18.9 Å². The number of esters is 1. The third-order valence-electron chi connectivity index (χ3n) is 2.25. The first-order valence-corrected chi connectivity index (χ1v) is 6.60. The van der Waals surface area contributed by atoms with Crippen molar-refractivity contribution in [3.63, 3.8) is 0 Å². The first-order chi connectivity index (χ1) is 8.19. The Morgan fingerprint density at radius 1 is 1.41 bits per heavy atom. The van der Waals surface area contributed by atoms with Gasteiger partial charge in [0.15, 0.2) is 0 Å². The molecular weight excluding hydrogens is 236 g/mol. The van der Waals surface area contributed by atoms with E-state index < -0.39 is 0 Å².